The van der Waals surface area contributed by atoms with Gasteiger partial charge in [-0.25, -0.2) is 9.59 Å². The number of rotatable bonds is 52. The number of carbonyl (C=O) groups excluding carboxylic acids is 6. The minimum Gasteiger partial charge on any atom is -1.00 e. The van der Waals surface area contributed by atoms with Crippen LogP contribution in [0.1, 0.15) is 240 Å². The lowest BCUT2D eigenvalue weighted by Crippen LogP contribution is -3.00. The molecular formula is C62H116Cl2N4O12. The van der Waals surface area contributed by atoms with Crippen LogP contribution in [0, 0.1) is 0 Å². The molecule has 0 spiro atoms. The minimum atomic E-state index is -0.786. The average molecular weight is 1180 g/mol. The van der Waals surface area contributed by atoms with E-state index >= 15 is 0 Å². The molecule has 0 radical (unpaired) electrons. The van der Waals surface area contributed by atoms with E-state index in [1.807, 2.05) is 40.3 Å². The summed E-state index contributed by atoms with van der Waals surface area (Å²) in [7, 11) is 7.54. The van der Waals surface area contributed by atoms with Crippen LogP contribution >= 0.6 is 0 Å². The number of unbranched alkanes of at least 4 members (excludes halogenated alkanes) is 20. The number of ether oxygens (including phenoxy) is 4. The lowest BCUT2D eigenvalue weighted by molar-refractivity contribution is -0.883. The fourth-order valence-corrected chi connectivity index (χ4v) is 9.18. The minimum absolute atomic E-state index is 0. The smallest absolute Gasteiger partial charge is 0.362 e. The molecule has 80 heavy (non-hydrogen) atoms. The van der Waals surface area contributed by atoms with Crippen LogP contribution < -0.4 is 35.4 Å². The van der Waals surface area contributed by atoms with E-state index in [1.54, 1.807) is 0 Å². The van der Waals surface area contributed by atoms with Crippen LogP contribution in [0.25, 0.3) is 0 Å². The van der Waals surface area contributed by atoms with E-state index in [4.69, 9.17) is 18.9 Å². The van der Waals surface area contributed by atoms with Gasteiger partial charge in [0.15, 0.2) is 13.1 Å². The van der Waals surface area contributed by atoms with Crippen molar-refractivity contribution in [3.8, 4) is 0 Å². The quantitative estimate of drug-likeness (QED) is 0.0158. The monoisotopic (exact) mass is 1180 g/mol. The van der Waals surface area contributed by atoms with Gasteiger partial charge in [0.1, 0.15) is 44.7 Å². The lowest BCUT2D eigenvalue weighted by atomic mass is 10.0. The maximum Gasteiger partial charge on any atom is 0.362 e. The molecule has 16 nitrogen and oxygen atoms in total. The van der Waals surface area contributed by atoms with Gasteiger partial charge >= 0.3 is 23.9 Å². The fourth-order valence-electron chi connectivity index (χ4n) is 9.18. The molecule has 0 aliphatic carbocycles. The highest BCUT2D eigenvalue weighted by Crippen LogP contribution is 2.19. The average Bonchev–Trinajstić information content (AvgIpc) is 3.35. The lowest BCUT2D eigenvalue weighted by Gasteiger charge is -2.30. The van der Waals surface area contributed by atoms with Crippen LogP contribution in [0.15, 0.2) is 24.3 Å². The van der Waals surface area contributed by atoms with Gasteiger partial charge in [0.05, 0.1) is 40.4 Å². The Morgan fingerprint density at radius 1 is 0.450 bits per heavy atom. The van der Waals surface area contributed by atoms with Gasteiger partial charge in [0.2, 0.25) is 11.8 Å². The highest BCUT2D eigenvalue weighted by atomic mass is 35.5. The van der Waals surface area contributed by atoms with Gasteiger partial charge in [-0.1, -0.05) is 148 Å². The molecule has 18 heteroatoms. The number of carbonyl (C=O) groups is 6. The molecule has 0 aromatic heterocycles. The summed E-state index contributed by atoms with van der Waals surface area (Å²) < 4.78 is 22.3. The number of hydrogen-bond donors (Lipinski definition) is 4. The number of allylic oxidation sites excluding steroid dienone is 2. The van der Waals surface area contributed by atoms with Gasteiger partial charge in [-0.3, -0.25) is 19.2 Å². The second-order valence-corrected chi connectivity index (χ2v) is 23.1. The first-order valence-corrected chi connectivity index (χ1v) is 30.8. The Balaban J connectivity index is -0.0000296. The number of aliphatic hydroxyl groups excluding tert-OH is 2. The molecule has 0 aromatic rings. The standard InChI is InChI=1S/C62H114N4O12.2ClH/c1-10-13-16-17-22-29-36-43-58(63-59(71)44-37-30-25-20-18-23-27-34-39-54(69)56(41-32-14-11-2)77-61(73)50-65(6,7)46-48-75-52(4)67)64-60(72)45-38-31-26-21-19-24-28-35-40-55(70)57(42-33-15-12-3)78-62(74)51-66(8,9)47-49-76-53(5)68;;/h27-28,34-35,54-58,69-70H,10-26,29-33,36-51H2,1-9H3;2*1H/b34-27-,35-28-;;. The van der Waals surface area contributed by atoms with Crippen molar-refractivity contribution in [2.45, 2.75) is 271 Å². The number of esters is 4. The highest BCUT2D eigenvalue weighted by Gasteiger charge is 2.29. The summed E-state index contributed by atoms with van der Waals surface area (Å²) in [6.07, 6.45) is 34.0. The van der Waals surface area contributed by atoms with Gasteiger partial charge in [-0.15, -0.1) is 0 Å². The zero-order chi connectivity index (χ0) is 58.3. The largest absolute Gasteiger partial charge is 1.00 e. The number of hydrogen-bond acceptors (Lipinski definition) is 12. The summed E-state index contributed by atoms with van der Waals surface area (Å²) in [6.45, 7) is 10.8. The van der Waals surface area contributed by atoms with E-state index in [-0.39, 0.29) is 93.0 Å². The molecule has 0 aromatic carbocycles. The number of amides is 2. The third kappa shape index (κ3) is 50.4. The first kappa shape index (κ1) is 80.9. The van der Waals surface area contributed by atoms with E-state index in [0.29, 0.717) is 60.6 Å². The Kier molecular flexibility index (Phi) is 53.1. The molecule has 470 valence electrons. The maximum atomic E-state index is 13.1. The van der Waals surface area contributed by atoms with Gasteiger partial charge in [-0.2, -0.15) is 0 Å². The Labute approximate surface area is 498 Å². The predicted octanol–water partition coefficient (Wildman–Crippen LogP) is 5.03. The Morgan fingerprint density at radius 3 is 1.15 bits per heavy atom. The van der Waals surface area contributed by atoms with Crippen molar-refractivity contribution in [2.75, 3.05) is 67.6 Å². The van der Waals surface area contributed by atoms with Crippen molar-refractivity contribution in [1.82, 2.24) is 10.6 Å². The Bertz CT molecular complexity index is 1540. The zero-order valence-electron chi connectivity index (χ0n) is 51.7. The molecule has 0 saturated heterocycles. The van der Waals surface area contributed by atoms with Crippen molar-refractivity contribution in [1.29, 1.82) is 0 Å². The van der Waals surface area contributed by atoms with Crippen LogP contribution in [-0.4, -0.2) is 153 Å². The molecule has 0 aliphatic rings. The van der Waals surface area contributed by atoms with Gasteiger partial charge in [0.25, 0.3) is 0 Å². The first-order chi connectivity index (χ1) is 37.2. The number of nitrogens with zero attached hydrogens (tertiary/aromatic N) is 2. The fraction of sp³-hybridized carbons (Fsp3) is 0.839. The van der Waals surface area contributed by atoms with Gasteiger partial charge < -0.3 is 73.6 Å². The summed E-state index contributed by atoms with van der Waals surface area (Å²) >= 11 is 0. The summed E-state index contributed by atoms with van der Waals surface area (Å²) in [5.41, 5.74) is 0. The van der Waals surface area contributed by atoms with Crippen LogP contribution in [-0.2, 0) is 47.7 Å². The third-order valence-corrected chi connectivity index (χ3v) is 14.1. The number of aliphatic hydroxyl groups is 2. The van der Waals surface area contributed by atoms with Crippen LogP contribution in [0.2, 0.25) is 0 Å². The second kappa shape index (κ2) is 52.5. The van der Waals surface area contributed by atoms with E-state index in [1.165, 1.54) is 46.0 Å². The maximum absolute atomic E-state index is 13.1. The Hall–Kier alpha value is -3.28. The summed E-state index contributed by atoms with van der Waals surface area (Å²) in [5, 5.41) is 28.2. The SMILES string of the molecule is CCCCCCCCCC(NC(=O)CCCCCCC/C=C\CC(O)C(CCCCC)OC(=O)C[N+](C)(C)CCOC(C)=O)NC(=O)CCCCCCC/C=C\CC(O)C(CCCCC)OC(=O)C[N+](C)(C)CCOC(C)=O.[Cl-].[Cl-]. The predicted molar refractivity (Wildman–Crippen MR) is 312 cm³/mol. The molecule has 0 rings (SSSR count). The Morgan fingerprint density at radius 2 is 0.775 bits per heavy atom. The van der Waals surface area contributed by atoms with Gasteiger partial charge in [0, 0.05) is 26.7 Å². The topological polar surface area (TPSA) is 204 Å². The summed E-state index contributed by atoms with van der Waals surface area (Å²) in [5.74, 6) is -1.49. The molecule has 0 aliphatic heterocycles. The third-order valence-electron chi connectivity index (χ3n) is 14.1. The van der Waals surface area contributed by atoms with Gasteiger partial charge in [-0.05, 0) is 89.9 Å². The molecule has 0 saturated carbocycles. The molecule has 4 unspecified atom stereocenters. The second-order valence-electron chi connectivity index (χ2n) is 23.1. The van der Waals surface area contributed by atoms with E-state index in [9.17, 15) is 39.0 Å². The first-order valence-electron chi connectivity index (χ1n) is 30.8. The van der Waals surface area contributed by atoms with Crippen molar-refractivity contribution in [3.05, 3.63) is 24.3 Å². The number of quaternary nitrogens is 2. The molecular weight excluding hydrogens is 1060 g/mol. The number of halogens is 2. The van der Waals surface area contributed by atoms with E-state index in [2.05, 4.69) is 43.6 Å². The molecule has 0 bridgehead atoms. The summed E-state index contributed by atoms with van der Waals surface area (Å²) in [6, 6.07) is 0. The van der Waals surface area contributed by atoms with Crippen LogP contribution in [0.4, 0.5) is 0 Å². The summed E-state index contributed by atoms with van der Waals surface area (Å²) in [4.78, 5) is 74.2. The van der Waals surface area contributed by atoms with Crippen molar-refractivity contribution in [2.24, 2.45) is 0 Å². The normalized spacial score (nSPS) is 13.6. The van der Waals surface area contributed by atoms with Crippen molar-refractivity contribution in [3.63, 3.8) is 0 Å². The number of nitrogens with one attached hydrogen (secondary N) is 2. The number of likely N-dealkylation sites (N-methyl/N-ethyl adjacent to an activating group) is 2. The molecule has 0 heterocycles. The molecule has 4 N–H and O–H groups in total. The highest BCUT2D eigenvalue weighted by molar-refractivity contribution is 5.79. The van der Waals surface area contributed by atoms with E-state index < -0.39 is 24.4 Å². The molecule has 0 fully saturated rings. The van der Waals surface area contributed by atoms with Crippen molar-refractivity contribution >= 4 is 35.7 Å². The zero-order valence-corrected chi connectivity index (χ0v) is 53.2. The van der Waals surface area contributed by atoms with Crippen LogP contribution in [0.3, 0.4) is 0 Å². The van der Waals surface area contributed by atoms with Crippen molar-refractivity contribution < 1.29 is 91.7 Å². The van der Waals surface area contributed by atoms with Crippen LogP contribution in [0.5, 0.6) is 0 Å². The molecule has 4 atom stereocenters. The molecule has 2 amide bonds. The van der Waals surface area contributed by atoms with E-state index in [0.717, 1.165) is 135 Å².